The van der Waals surface area contributed by atoms with E-state index in [9.17, 15) is 0 Å². The molecular weight excluding hydrogens is 276 g/mol. The van der Waals surface area contributed by atoms with Crippen LogP contribution in [0.15, 0.2) is 42.6 Å². The molecule has 0 aromatic heterocycles. The van der Waals surface area contributed by atoms with Crippen molar-refractivity contribution in [2.24, 2.45) is 0 Å². The van der Waals surface area contributed by atoms with Crippen LogP contribution in [0.4, 0.5) is 0 Å². The van der Waals surface area contributed by atoms with E-state index < -0.39 is 16.4 Å². The minimum atomic E-state index is -1.75. The summed E-state index contributed by atoms with van der Waals surface area (Å²) in [6.07, 6.45) is 6.42. The molecule has 0 heterocycles. The first-order chi connectivity index (χ1) is 9.48. The van der Waals surface area contributed by atoms with Crippen LogP contribution in [0.2, 0.25) is 25.2 Å². The van der Waals surface area contributed by atoms with Gasteiger partial charge in [-0.3, -0.25) is 0 Å². The summed E-state index contributed by atoms with van der Waals surface area (Å²) in [6, 6.07) is 11.1. The number of rotatable bonds is 6. The van der Waals surface area contributed by atoms with Gasteiger partial charge in [-0.05, 0) is 25.2 Å². The molecule has 1 saturated carbocycles. The molecule has 20 heavy (non-hydrogen) atoms. The Morgan fingerprint density at radius 3 is 2.25 bits per heavy atom. The SMILES string of the molecule is C=C[Si@](CO[Si](C)(C)C)(c1ccccc1)C1CCCC1. The van der Waals surface area contributed by atoms with Crippen LogP contribution in [-0.4, -0.2) is 22.6 Å². The minimum absolute atomic E-state index is 0.818. The third kappa shape index (κ3) is 3.51. The molecule has 0 spiro atoms. The van der Waals surface area contributed by atoms with Crippen LogP contribution >= 0.6 is 0 Å². The smallest absolute Gasteiger partial charge is 0.183 e. The molecule has 0 bridgehead atoms. The average Bonchev–Trinajstić information content (AvgIpc) is 2.95. The van der Waals surface area contributed by atoms with Gasteiger partial charge in [0.2, 0.25) is 0 Å². The molecule has 0 aliphatic heterocycles. The van der Waals surface area contributed by atoms with Gasteiger partial charge in [-0.1, -0.05) is 66.9 Å². The van der Waals surface area contributed by atoms with Gasteiger partial charge in [0.05, 0.1) is 0 Å². The fourth-order valence-electron chi connectivity index (χ4n) is 3.31. The second-order valence-corrected chi connectivity index (χ2v) is 15.7. The predicted octanol–water partition coefficient (Wildman–Crippen LogP) is 4.40. The second kappa shape index (κ2) is 6.41. The molecule has 2 rings (SSSR count). The van der Waals surface area contributed by atoms with E-state index in [4.69, 9.17) is 4.43 Å². The Hall–Kier alpha value is -0.646. The lowest BCUT2D eigenvalue weighted by molar-refractivity contribution is 0.371. The molecule has 0 amide bonds. The topological polar surface area (TPSA) is 9.23 Å². The summed E-state index contributed by atoms with van der Waals surface area (Å²) in [5.74, 6) is 0. The lowest BCUT2D eigenvalue weighted by Gasteiger charge is -2.37. The maximum Gasteiger partial charge on any atom is 0.183 e. The van der Waals surface area contributed by atoms with Crippen molar-refractivity contribution in [2.45, 2.75) is 50.9 Å². The van der Waals surface area contributed by atoms with Crippen LogP contribution in [0.25, 0.3) is 0 Å². The highest BCUT2D eigenvalue weighted by molar-refractivity contribution is 6.97. The number of hydrogen-bond donors (Lipinski definition) is 0. The van der Waals surface area contributed by atoms with Crippen molar-refractivity contribution in [3.8, 4) is 0 Å². The summed E-state index contributed by atoms with van der Waals surface area (Å²) >= 11 is 0. The third-order valence-corrected chi connectivity index (χ3v) is 10.6. The van der Waals surface area contributed by atoms with E-state index in [0.29, 0.717) is 0 Å². The van der Waals surface area contributed by atoms with Crippen LogP contribution in [0, 0.1) is 0 Å². The number of hydrogen-bond acceptors (Lipinski definition) is 1. The molecule has 0 radical (unpaired) electrons. The Balaban J connectivity index is 2.32. The van der Waals surface area contributed by atoms with Gasteiger partial charge in [-0.25, -0.2) is 0 Å². The zero-order chi connectivity index (χ0) is 14.6. The molecular formula is C17H28OSi2. The summed E-state index contributed by atoms with van der Waals surface area (Å²) < 4.78 is 6.38. The molecule has 1 aliphatic carbocycles. The minimum Gasteiger partial charge on any atom is -0.420 e. The summed E-state index contributed by atoms with van der Waals surface area (Å²) in [5.41, 5.74) is 3.12. The maximum absolute atomic E-state index is 6.38. The average molecular weight is 305 g/mol. The molecule has 110 valence electrons. The summed E-state index contributed by atoms with van der Waals surface area (Å²) in [4.78, 5) is 0. The van der Waals surface area contributed by atoms with Crippen molar-refractivity contribution in [3.63, 3.8) is 0 Å². The summed E-state index contributed by atoms with van der Waals surface area (Å²) in [5, 5.41) is 1.51. The van der Waals surface area contributed by atoms with Crippen molar-refractivity contribution in [3.05, 3.63) is 42.6 Å². The van der Waals surface area contributed by atoms with Gasteiger partial charge in [0.15, 0.2) is 8.32 Å². The van der Waals surface area contributed by atoms with Crippen LogP contribution in [0.5, 0.6) is 0 Å². The molecule has 0 unspecified atom stereocenters. The molecule has 1 aromatic rings. The van der Waals surface area contributed by atoms with E-state index in [1.54, 1.807) is 0 Å². The zero-order valence-corrected chi connectivity index (χ0v) is 15.2. The fourth-order valence-corrected chi connectivity index (χ4v) is 9.81. The highest BCUT2D eigenvalue weighted by atomic mass is 28.4. The highest BCUT2D eigenvalue weighted by Gasteiger charge is 2.42. The van der Waals surface area contributed by atoms with Crippen molar-refractivity contribution in [1.82, 2.24) is 0 Å². The lowest BCUT2D eigenvalue weighted by atomic mass is 10.4. The van der Waals surface area contributed by atoms with E-state index in [0.717, 1.165) is 11.8 Å². The normalized spacial score (nSPS) is 19.8. The molecule has 0 saturated heterocycles. The van der Waals surface area contributed by atoms with Crippen LogP contribution < -0.4 is 5.19 Å². The maximum atomic E-state index is 6.38. The number of benzene rings is 1. The standard InChI is InChI=1S/C17H28OSi2/c1-5-20(15-18-19(2,3)4,17-13-9-10-14-17)16-11-7-6-8-12-16/h5-8,11-12,17H,1,9-10,13-15H2,2-4H3/t20-/m0/s1. The molecule has 1 nitrogen and oxygen atoms in total. The van der Waals surface area contributed by atoms with Gasteiger partial charge in [0.1, 0.15) is 8.07 Å². The molecule has 1 fully saturated rings. The molecule has 1 atom stereocenters. The molecule has 0 N–H and O–H groups in total. The van der Waals surface area contributed by atoms with E-state index >= 15 is 0 Å². The first-order valence-electron chi connectivity index (χ1n) is 7.81. The summed E-state index contributed by atoms with van der Waals surface area (Å²) in [6.45, 7) is 11.1. The first-order valence-corrected chi connectivity index (χ1v) is 13.6. The molecule has 1 aliphatic rings. The monoisotopic (exact) mass is 304 g/mol. The van der Waals surface area contributed by atoms with Gasteiger partial charge < -0.3 is 4.43 Å². The Kier molecular flexibility index (Phi) is 5.05. The Bertz CT molecular complexity index is 432. The predicted molar refractivity (Wildman–Crippen MR) is 93.5 cm³/mol. The third-order valence-electron chi connectivity index (χ3n) is 4.50. The van der Waals surface area contributed by atoms with Gasteiger partial charge in [-0.15, -0.1) is 6.58 Å². The van der Waals surface area contributed by atoms with E-state index in [1.807, 2.05) is 0 Å². The van der Waals surface area contributed by atoms with Gasteiger partial charge in [-0.2, -0.15) is 0 Å². The van der Waals surface area contributed by atoms with Crippen molar-refractivity contribution in [1.29, 1.82) is 0 Å². The van der Waals surface area contributed by atoms with Crippen molar-refractivity contribution >= 4 is 21.6 Å². The quantitative estimate of drug-likeness (QED) is 0.708. The Labute approximate surface area is 126 Å². The Morgan fingerprint density at radius 1 is 1.15 bits per heavy atom. The fraction of sp³-hybridized carbons (Fsp3) is 0.529. The Morgan fingerprint density at radius 2 is 1.75 bits per heavy atom. The van der Waals surface area contributed by atoms with Gasteiger partial charge in [0, 0.05) is 6.23 Å². The van der Waals surface area contributed by atoms with Crippen molar-refractivity contribution in [2.75, 3.05) is 6.23 Å². The van der Waals surface area contributed by atoms with Gasteiger partial charge in [0.25, 0.3) is 0 Å². The van der Waals surface area contributed by atoms with Crippen molar-refractivity contribution < 1.29 is 4.43 Å². The van der Waals surface area contributed by atoms with E-state index in [2.05, 4.69) is 62.3 Å². The van der Waals surface area contributed by atoms with Gasteiger partial charge >= 0.3 is 0 Å². The van der Waals surface area contributed by atoms with Crippen LogP contribution in [0.3, 0.4) is 0 Å². The molecule has 3 heteroatoms. The second-order valence-electron chi connectivity index (χ2n) is 6.99. The molecule has 1 aromatic carbocycles. The van der Waals surface area contributed by atoms with Crippen LogP contribution in [-0.2, 0) is 4.43 Å². The summed E-state index contributed by atoms with van der Waals surface area (Å²) in [7, 11) is -3.23. The lowest BCUT2D eigenvalue weighted by Crippen LogP contribution is -2.56. The first kappa shape index (κ1) is 15.7. The largest absolute Gasteiger partial charge is 0.420 e. The van der Waals surface area contributed by atoms with E-state index in [1.165, 1.54) is 30.9 Å². The van der Waals surface area contributed by atoms with Crippen LogP contribution in [0.1, 0.15) is 25.7 Å². The zero-order valence-electron chi connectivity index (χ0n) is 13.2. The highest BCUT2D eigenvalue weighted by Crippen LogP contribution is 2.39. The van der Waals surface area contributed by atoms with E-state index in [-0.39, 0.29) is 0 Å².